The third-order valence-electron chi connectivity index (χ3n) is 1.83. The molecule has 1 aromatic rings. The molecule has 0 unspecified atom stereocenters. The molecule has 12 heavy (non-hydrogen) atoms. The maximum absolute atomic E-state index is 8.95. The molecule has 0 fully saturated rings. The van der Waals surface area contributed by atoms with Crippen LogP contribution in [0.2, 0.25) is 0 Å². The predicted octanol–water partition coefficient (Wildman–Crippen LogP) is 3.06. The van der Waals surface area contributed by atoms with Gasteiger partial charge in [0.1, 0.15) is 0 Å². The third kappa shape index (κ3) is 2.32. The van der Waals surface area contributed by atoms with Gasteiger partial charge >= 0.3 is 0 Å². The van der Waals surface area contributed by atoms with E-state index in [0.717, 1.165) is 10.0 Å². The van der Waals surface area contributed by atoms with Crippen molar-refractivity contribution in [2.24, 2.45) is 0 Å². The van der Waals surface area contributed by atoms with Crippen LogP contribution in [0.25, 0.3) is 0 Å². The number of hydrogen-bond acceptors (Lipinski definition) is 1. The molecule has 0 heterocycles. The molecule has 0 aromatic heterocycles. The van der Waals surface area contributed by atoms with E-state index in [0.29, 0.717) is 5.92 Å². The van der Waals surface area contributed by atoms with Crippen molar-refractivity contribution >= 4 is 15.9 Å². The summed E-state index contributed by atoms with van der Waals surface area (Å²) in [6, 6.07) is 6.06. The summed E-state index contributed by atoms with van der Waals surface area (Å²) in [6.07, 6.45) is 0. The Balaban J connectivity index is 3.06. The van der Waals surface area contributed by atoms with Gasteiger partial charge in [-0.3, -0.25) is 0 Å². The maximum atomic E-state index is 8.95. The van der Waals surface area contributed by atoms with E-state index < -0.39 is 0 Å². The largest absolute Gasteiger partial charge is 0.392 e. The molecular formula is C10H13BrO. The van der Waals surface area contributed by atoms with Crippen molar-refractivity contribution in [3.8, 4) is 0 Å². The molecular weight excluding hydrogens is 216 g/mol. The lowest BCUT2D eigenvalue weighted by Gasteiger charge is -2.07. The van der Waals surface area contributed by atoms with Gasteiger partial charge in [-0.25, -0.2) is 0 Å². The second-order valence-electron chi connectivity index (χ2n) is 3.21. The van der Waals surface area contributed by atoms with Gasteiger partial charge in [0.25, 0.3) is 0 Å². The molecule has 0 aliphatic rings. The van der Waals surface area contributed by atoms with Crippen LogP contribution in [0.15, 0.2) is 22.7 Å². The second-order valence-corrected chi connectivity index (χ2v) is 4.12. The van der Waals surface area contributed by atoms with E-state index in [2.05, 4.69) is 35.8 Å². The molecule has 1 N–H and O–H groups in total. The van der Waals surface area contributed by atoms with Gasteiger partial charge in [-0.15, -0.1) is 0 Å². The van der Waals surface area contributed by atoms with Crippen molar-refractivity contribution in [2.75, 3.05) is 0 Å². The van der Waals surface area contributed by atoms with E-state index in [1.165, 1.54) is 5.56 Å². The molecule has 2 heteroatoms. The van der Waals surface area contributed by atoms with Crippen molar-refractivity contribution in [1.82, 2.24) is 0 Å². The topological polar surface area (TPSA) is 20.2 Å². The third-order valence-corrected chi connectivity index (χ3v) is 2.29. The van der Waals surface area contributed by atoms with Gasteiger partial charge in [0.2, 0.25) is 0 Å². The lowest BCUT2D eigenvalue weighted by atomic mass is 10.0. The number of benzene rings is 1. The van der Waals surface area contributed by atoms with Crippen molar-refractivity contribution in [3.63, 3.8) is 0 Å². The fraction of sp³-hybridized carbons (Fsp3) is 0.400. The number of hydrogen-bond donors (Lipinski definition) is 1. The normalized spacial score (nSPS) is 10.8. The highest BCUT2D eigenvalue weighted by Gasteiger charge is 2.01. The average Bonchev–Trinajstić information content (AvgIpc) is 2.03. The summed E-state index contributed by atoms with van der Waals surface area (Å²) in [6.45, 7) is 4.39. The Bertz CT molecular complexity index is 269. The van der Waals surface area contributed by atoms with Crippen LogP contribution in [0.5, 0.6) is 0 Å². The molecule has 0 aliphatic heterocycles. The summed E-state index contributed by atoms with van der Waals surface area (Å²) in [5.41, 5.74) is 2.22. The van der Waals surface area contributed by atoms with Crippen molar-refractivity contribution in [1.29, 1.82) is 0 Å². The van der Waals surface area contributed by atoms with E-state index in [1.807, 2.05) is 12.1 Å². The minimum absolute atomic E-state index is 0.110. The minimum atomic E-state index is 0.110. The summed E-state index contributed by atoms with van der Waals surface area (Å²) in [5, 5.41) is 8.95. The first-order valence-electron chi connectivity index (χ1n) is 4.03. The first-order chi connectivity index (χ1) is 5.63. The smallest absolute Gasteiger partial charge is 0.0682 e. The van der Waals surface area contributed by atoms with Crippen LogP contribution in [0, 0.1) is 0 Å². The Kier molecular flexibility index (Phi) is 3.29. The van der Waals surface area contributed by atoms with E-state index in [1.54, 1.807) is 0 Å². The number of aliphatic hydroxyl groups is 1. The molecule has 1 nitrogen and oxygen atoms in total. The van der Waals surface area contributed by atoms with Crippen molar-refractivity contribution in [3.05, 3.63) is 33.8 Å². The van der Waals surface area contributed by atoms with Crippen LogP contribution in [-0.4, -0.2) is 5.11 Å². The van der Waals surface area contributed by atoms with Crippen LogP contribution >= 0.6 is 15.9 Å². The standard InChI is InChI=1S/C10H13BrO/c1-7(2)9-3-8(6-12)4-10(11)5-9/h3-5,7,12H,6H2,1-2H3. The fourth-order valence-corrected chi connectivity index (χ4v) is 1.66. The van der Waals surface area contributed by atoms with Crippen LogP contribution in [0.4, 0.5) is 0 Å². The molecule has 66 valence electrons. The molecule has 0 bridgehead atoms. The van der Waals surface area contributed by atoms with Crippen LogP contribution in [0.3, 0.4) is 0 Å². The van der Waals surface area contributed by atoms with Gasteiger partial charge in [0, 0.05) is 4.47 Å². The SMILES string of the molecule is CC(C)c1cc(Br)cc(CO)c1. The Morgan fingerprint density at radius 3 is 2.50 bits per heavy atom. The molecule has 0 amide bonds. The molecule has 0 saturated heterocycles. The lowest BCUT2D eigenvalue weighted by molar-refractivity contribution is 0.281. The van der Waals surface area contributed by atoms with Crippen LogP contribution in [0.1, 0.15) is 30.9 Å². The van der Waals surface area contributed by atoms with Gasteiger partial charge in [-0.1, -0.05) is 35.8 Å². The number of rotatable bonds is 2. The second kappa shape index (κ2) is 4.06. The zero-order valence-electron chi connectivity index (χ0n) is 7.34. The summed E-state index contributed by atoms with van der Waals surface area (Å²) in [5.74, 6) is 0.507. The highest BCUT2D eigenvalue weighted by molar-refractivity contribution is 9.10. The Morgan fingerprint density at radius 2 is 2.00 bits per heavy atom. The van der Waals surface area contributed by atoms with Gasteiger partial charge in [-0.2, -0.15) is 0 Å². The molecule has 0 radical (unpaired) electrons. The average molecular weight is 229 g/mol. The maximum Gasteiger partial charge on any atom is 0.0682 e. The van der Waals surface area contributed by atoms with E-state index in [9.17, 15) is 0 Å². The van der Waals surface area contributed by atoms with E-state index in [4.69, 9.17) is 5.11 Å². The predicted molar refractivity (Wildman–Crippen MR) is 54.2 cm³/mol. The molecule has 0 atom stereocenters. The zero-order valence-corrected chi connectivity index (χ0v) is 8.93. The number of halogens is 1. The molecule has 1 aromatic carbocycles. The Labute approximate surface area is 81.6 Å². The Hall–Kier alpha value is -0.340. The monoisotopic (exact) mass is 228 g/mol. The highest BCUT2D eigenvalue weighted by Crippen LogP contribution is 2.21. The summed E-state index contributed by atoms with van der Waals surface area (Å²) < 4.78 is 1.04. The van der Waals surface area contributed by atoms with Crippen LogP contribution < -0.4 is 0 Å². The van der Waals surface area contributed by atoms with Crippen molar-refractivity contribution in [2.45, 2.75) is 26.4 Å². The van der Waals surface area contributed by atoms with E-state index >= 15 is 0 Å². The summed E-state index contributed by atoms with van der Waals surface area (Å²) in [4.78, 5) is 0. The molecule has 0 aliphatic carbocycles. The molecule has 0 saturated carbocycles. The van der Waals surface area contributed by atoms with E-state index in [-0.39, 0.29) is 6.61 Å². The minimum Gasteiger partial charge on any atom is -0.392 e. The summed E-state index contributed by atoms with van der Waals surface area (Å²) in [7, 11) is 0. The first-order valence-corrected chi connectivity index (χ1v) is 4.83. The number of aliphatic hydroxyl groups excluding tert-OH is 1. The van der Waals surface area contributed by atoms with Gasteiger partial charge in [0.15, 0.2) is 0 Å². The molecule has 1 rings (SSSR count). The lowest BCUT2D eigenvalue weighted by Crippen LogP contribution is -1.91. The fourth-order valence-electron chi connectivity index (χ4n) is 1.10. The zero-order chi connectivity index (χ0) is 9.14. The quantitative estimate of drug-likeness (QED) is 0.826. The van der Waals surface area contributed by atoms with Gasteiger partial charge in [-0.05, 0) is 29.2 Å². The van der Waals surface area contributed by atoms with Crippen molar-refractivity contribution < 1.29 is 5.11 Å². The highest BCUT2D eigenvalue weighted by atomic mass is 79.9. The van der Waals surface area contributed by atoms with Crippen LogP contribution in [-0.2, 0) is 6.61 Å². The summed E-state index contributed by atoms with van der Waals surface area (Å²) >= 11 is 3.41. The first kappa shape index (κ1) is 9.75. The Morgan fingerprint density at radius 1 is 1.33 bits per heavy atom. The van der Waals surface area contributed by atoms with Gasteiger partial charge in [0.05, 0.1) is 6.61 Å². The van der Waals surface area contributed by atoms with Gasteiger partial charge < -0.3 is 5.11 Å². The molecule has 0 spiro atoms.